The quantitative estimate of drug-likeness (QED) is 0.164. The first-order valence-electron chi connectivity index (χ1n) is 15.7. The van der Waals surface area contributed by atoms with E-state index in [2.05, 4.69) is 26.0 Å². The van der Waals surface area contributed by atoms with Gasteiger partial charge in [0.15, 0.2) is 12.6 Å². The first-order valence-corrected chi connectivity index (χ1v) is 15.7. The Balaban J connectivity index is 1.73. The molecule has 8 heteroatoms. The summed E-state index contributed by atoms with van der Waals surface area (Å²) in [5.41, 5.74) is 0. The summed E-state index contributed by atoms with van der Waals surface area (Å²) < 4.78 is 24.6. The van der Waals surface area contributed by atoms with Crippen molar-refractivity contribution in [3.8, 4) is 0 Å². The number of Topliss-reactive ketones (excluding diaryl/α,β-unsaturated/α-hetero) is 1. The first-order chi connectivity index (χ1) is 19.4. The van der Waals surface area contributed by atoms with E-state index in [9.17, 15) is 14.7 Å². The van der Waals surface area contributed by atoms with Crippen molar-refractivity contribution in [1.29, 1.82) is 0 Å². The number of aliphatic hydroxyl groups is 1. The van der Waals surface area contributed by atoms with Crippen LogP contribution in [-0.4, -0.2) is 66.1 Å². The van der Waals surface area contributed by atoms with Crippen LogP contribution in [0.2, 0.25) is 0 Å². The van der Waals surface area contributed by atoms with Gasteiger partial charge in [0.1, 0.15) is 5.78 Å². The highest BCUT2D eigenvalue weighted by Gasteiger charge is 2.44. The third-order valence-corrected chi connectivity index (χ3v) is 8.37. The number of aliphatic carboxylic acids is 1. The number of rotatable bonds is 17. The average Bonchev–Trinajstić information content (AvgIpc) is 3.22. The van der Waals surface area contributed by atoms with Gasteiger partial charge in [0.25, 0.3) is 0 Å². The van der Waals surface area contributed by atoms with Crippen LogP contribution in [0.15, 0.2) is 24.3 Å². The summed E-state index contributed by atoms with van der Waals surface area (Å²) in [5.74, 6) is -0.920. The van der Waals surface area contributed by atoms with Gasteiger partial charge in [-0.05, 0) is 57.3 Å². The molecule has 8 atom stereocenters. The summed E-state index contributed by atoms with van der Waals surface area (Å²) in [6, 6.07) is 0. The summed E-state index contributed by atoms with van der Waals surface area (Å²) in [7, 11) is 0. The Hall–Kier alpha value is -1.58. The van der Waals surface area contributed by atoms with Gasteiger partial charge in [0.2, 0.25) is 0 Å². The second-order valence-electron chi connectivity index (χ2n) is 11.9. The lowest BCUT2D eigenvalue weighted by Crippen LogP contribution is -2.32. The highest BCUT2D eigenvalue weighted by molar-refractivity contribution is 5.81. The summed E-state index contributed by atoms with van der Waals surface area (Å²) in [5, 5.41) is 19.9. The molecule has 0 radical (unpaired) electrons. The zero-order valence-electron chi connectivity index (χ0n) is 24.6. The predicted octanol–water partition coefficient (Wildman–Crippen LogP) is 5.96. The second-order valence-corrected chi connectivity index (χ2v) is 11.9. The maximum absolute atomic E-state index is 12.9. The first kappa shape index (κ1) is 32.9. The predicted molar refractivity (Wildman–Crippen MR) is 153 cm³/mol. The number of ether oxygens (including phenoxy) is 4. The summed E-state index contributed by atoms with van der Waals surface area (Å²) >= 11 is 0. The summed E-state index contributed by atoms with van der Waals surface area (Å²) in [4.78, 5) is 23.6. The zero-order valence-corrected chi connectivity index (χ0v) is 24.6. The van der Waals surface area contributed by atoms with Gasteiger partial charge in [-0.25, -0.2) is 4.79 Å². The normalized spacial score (nSPS) is 31.1. The topological polar surface area (TPSA) is 112 Å². The van der Waals surface area contributed by atoms with Crippen LogP contribution in [0, 0.1) is 17.8 Å². The average molecular weight is 565 g/mol. The maximum atomic E-state index is 12.9. The Labute approximate surface area is 240 Å². The minimum absolute atomic E-state index is 0.0173. The number of carbonyl (C=O) groups is 2. The molecule has 228 valence electrons. The minimum Gasteiger partial charge on any atom is -0.478 e. The molecule has 3 fully saturated rings. The van der Waals surface area contributed by atoms with Crippen LogP contribution < -0.4 is 0 Å². The number of aliphatic hydroxyl groups excluding tert-OH is 1. The molecule has 3 aliphatic rings. The van der Waals surface area contributed by atoms with Gasteiger partial charge < -0.3 is 29.2 Å². The van der Waals surface area contributed by atoms with Crippen molar-refractivity contribution in [3.63, 3.8) is 0 Å². The van der Waals surface area contributed by atoms with E-state index in [0.29, 0.717) is 25.4 Å². The SMILES string of the molecule is CCCC[C@H](C)C[C@@H](/C=C/[C@@H]1[C@@H](CC(=O)CC/C=C/C(=O)O)[C@@H](O)C[C@H]1OC1CCCCO1)OC1CCCCO1. The van der Waals surface area contributed by atoms with E-state index in [1.807, 2.05) is 0 Å². The Kier molecular flexibility index (Phi) is 14.9. The third-order valence-electron chi connectivity index (χ3n) is 8.37. The van der Waals surface area contributed by atoms with Gasteiger partial charge in [0.05, 0.1) is 18.3 Å². The molecule has 2 heterocycles. The van der Waals surface area contributed by atoms with Crippen molar-refractivity contribution in [3.05, 3.63) is 24.3 Å². The number of carboxylic acids is 1. The van der Waals surface area contributed by atoms with Crippen LogP contribution in [-0.2, 0) is 28.5 Å². The van der Waals surface area contributed by atoms with Crippen molar-refractivity contribution in [2.45, 2.75) is 135 Å². The van der Waals surface area contributed by atoms with E-state index in [0.717, 1.165) is 64.0 Å². The molecule has 0 spiro atoms. The highest BCUT2D eigenvalue weighted by Crippen LogP contribution is 2.40. The van der Waals surface area contributed by atoms with E-state index in [-0.39, 0.29) is 55.2 Å². The largest absolute Gasteiger partial charge is 0.478 e. The molecular weight excluding hydrogens is 512 g/mol. The third kappa shape index (κ3) is 11.7. The van der Waals surface area contributed by atoms with Gasteiger partial charge in [-0.3, -0.25) is 4.79 Å². The number of hydrogen-bond acceptors (Lipinski definition) is 7. The monoisotopic (exact) mass is 564 g/mol. The fraction of sp³-hybridized carbons (Fsp3) is 0.812. The fourth-order valence-electron chi connectivity index (χ4n) is 6.11. The molecule has 0 aromatic rings. The molecule has 0 aromatic carbocycles. The van der Waals surface area contributed by atoms with Crippen LogP contribution in [0.25, 0.3) is 0 Å². The van der Waals surface area contributed by atoms with Gasteiger partial charge in [0, 0.05) is 50.4 Å². The molecule has 2 saturated heterocycles. The van der Waals surface area contributed by atoms with Crippen molar-refractivity contribution in [2.24, 2.45) is 17.8 Å². The van der Waals surface area contributed by atoms with E-state index < -0.39 is 12.1 Å². The lowest BCUT2D eigenvalue weighted by atomic mass is 9.87. The van der Waals surface area contributed by atoms with Crippen LogP contribution >= 0.6 is 0 Å². The number of carbonyl (C=O) groups excluding carboxylic acids is 1. The molecule has 8 nitrogen and oxygen atoms in total. The fourth-order valence-corrected chi connectivity index (χ4v) is 6.11. The van der Waals surface area contributed by atoms with Crippen LogP contribution in [0.3, 0.4) is 0 Å². The Bertz CT molecular complexity index is 799. The molecule has 3 rings (SSSR count). The van der Waals surface area contributed by atoms with Gasteiger partial charge >= 0.3 is 5.97 Å². The van der Waals surface area contributed by atoms with Crippen LogP contribution in [0.4, 0.5) is 0 Å². The highest BCUT2D eigenvalue weighted by atomic mass is 16.7. The van der Waals surface area contributed by atoms with Gasteiger partial charge in [-0.2, -0.15) is 0 Å². The van der Waals surface area contributed by atoms with E-state index in [1.165, 1.54) is 18.9 Å². The van der Waals surface area contributed by atoms with Gasteiger partial charge in [-0.15, -0.1) is 0 Å². The molecule has 0 aromatic heterocycles. The Morgan fingerprint density at radius 1 is 1.07 bits per heavy atom. The van der Waals surface area contributed by atoms with E-state index in [1.54, 1.807) is 0 Å². The number of unbranched alkanes of at least 4 members (excludes halogenated alkanes) is 1. The second kappa shape index (κ2) is 18.1. The van der Waals surface area contributed by atoms with Crippen molar-refractivity contribution in [1.82, 2.24) is 0 Å². The number of hydrogen-bond donors (Lipinski definition) is 2. The molecule has 1 aliphatic carbocycles. The summed E-state index contributed by atoms with van der Waals surface area (Å²) in [6.07, 6.45) is 17.0. The Morgan fingerprint density at radius 3 is 2.45 bits per heavy atom. The zero-order chi connectivity index (χ0) is 28.7. The molecule has 0 amide bonds. The van der Waals surface area contributed by atoms with Crippen LogP contribution in [0.5, 0.6) is 0 Å². The molecular formula is C32H52O8. The molecule has 2 unspecified atom stereocenters. The summed E-state index contributed by atoms with van der Waals surface area (Å²) in [6.45, 7) is 5.89. The standard InChI is InChI=1S/C32H52O8/c1-3-4-11-23(2)20-25(39-31-14-7-9-18-37-31)16-17-26-27(21-24(33)12-5-6-13-30(35)36)28(34)22-29(26)40-32-15-8-10-19-38-32/h6,13,16-17,23,25-29,31-32,34H,3-5,7-12,14-15,18-22H2,1-2H3,(H,35,36)/b13-6+,17-16+/t23-,25+,26+,27+,28-,29+,31?,32?/m0/s1. The maximum Gasteiger partial charge on any atom is 0.327 e. The molecule has 1 saturated carbocycles. The van der Waals surface area contributed by atoms with Crippen LogP contribution in [0.1, 0.15) is 104 Å². The molecule has 2 N–H and O–H groups in total. The number of ketones is 1. The lowest BCUT2D eigenvalue weighted by molar-refractivity contribution is -0.193. The van der Waals surface area contributed by atoms with Crippen molar-refractivity contribution >= 4 is 11.8 Å². The number of carboxylic acid groups (broad SMARTS) is 1. The molecule has 0 bridgehead atoms. The van der Waals surface area contributed by atoms with Crippen molar-refractivity contribution in [2.75, 3.05) is 13.2 Å². The molecule has 40 heavy (non-hydrogen) atoms. The van der Waals surface area contributed by atoms with Gasteiger partial charge in [-0.1, -0.05) is 51.3 Å². The number of allylic oxidation sites excluding steroid dienone is 1. The van der Waals surface area contributed by atoms with E-state index in [4.69, 9.17) is 24.1 Å². The Morgan fingerprint density at radius 2 is 1.80 bits per heavy atom. The minimum atomic E-state index is -1.02. The molecule has 2 aliphatic heterocycles. The smallest absolute Gasteiger partial charge is 0.327 e. The lowest BCUT2D eigenvalue weighted by Gasteiger charge is -2.30. The van der Waals surface area contributed by atoms with Crippen molar-refractivity contribution < 1.29 is 38.7 Å². The van der Waals surface area contributed by atoms with E-state index >= 15 is 0 Å².